The quantitative estimate of drug-likeness (QED) is 0.839. The lowest BCUT2D eigenvalue weighted by atomic mass is 9.81. The van der Waals surface area contributed by atoms with Crippen LogP contribution < -0.4 is 15.4 Å². The van der Waals surface area contributed by atoms with Crippen molar-refractivity contribution in [3.63, 3.8) is 0 Å². The Labute approximate surface area is 144 Å². The molecule has 1 fully saturated rings. The van der Waals surface area contributed by atoms with Gasteiger partial charge in [-0.15, -0.1) is 0 Å². The molecule has 1 unspecified atom stereocenters. The summed E-state index contributed by atoms with van der Waals surface area (Å²) in [5, 5.41) is 5.99. The molecule has 0 heterocycles. The highest BCUT2D eigenvalue weighted by Crippen LogP contribution is 2.31. The minimum atomic E-state index is -0.0393. The number of hydrogen-bond donors (Lipinski definition) is 2. The first-order valence-electron chi connectivity index (χ1n) is 8.79. The summed E-state index contributed by atoms with van der Waals surface area (Å²) >= 11 is 0. The molecule has 2 rings (SSSR count). The minimum Gasteiger partial charge on any atom is -0.495 e. The average Bonchev–Trinajstić information content (AvgIpc) is 2.62. The van der Waals surface area contributed by atoms with Gasteiger partial charge in [-0.3, -0.25) is 9.59 Å². The number of nitrogens with one attached hydrogen (secondary N) is 2. The maximum Gasteiger partial charge on any atom is 0.227 e. The van der Waals surface area contributed by atoms with Crippen LogP contribution in [0.4, 0.5) is 5.69 Å². The molecule has 132 valence electrons. The summed E-state index contributed by atoms with van der Waals surface area (Å²) in [6.07, 6.45) is 3.97. The molecule has 0 aromatic heterocycles. The molecule has 0 bridgehead atoms. The van der Waals surface area contributed by atoms with Gasteiger partial charge in [0.05, 0.1) is 12.8 Å². The summed E-state index contributed by atoms with van der Waals surface area (Å²) in [7, 11) is 1.59. The maximum atomic E-state index is 12.5. The lowest BCUT2D eigenvalue weighted by Crippen LogP contribution is -2.39. The highest BCUT2D eigenvalue weighted by Gasteiger charge is 2.30. The molecule has 0 saturated heterocycles. The first kappa shape index (κ1) is 18.3. The second-order valence-electron chi connectivity index (χ2n) is 6.56. The third-order valence-corrected chi connectivity index (χ3v) is 4.83. The number of methoxy groups -OCH3 is 1. The van der Waals surface area contributed by atoms with Crippen molar-refractivity contribution in [1.82, 2.24) is 5.32 Å². The van der Waals surface area contributed by atoms with Gasteiger partial charge in [0.15, 0.2) is 0 Å². The summed E-state index contributed by atoms with van der Waals surface area (Å²) in [5.41, 5.74) is 0.696. The molecule has 2 N–H and O–H groups in total. The van der Waals surface area contributed by atoms with E-state index < -0.39 is 0 Å². The van der Waals surface area contributed by atoms with Crippen LogP contribution in [0.25, 0.3) is 0 Å². The van der Waals surface area contributed by atoms with Gasteiger partial charge in [-0.05, 0) is 51.2 Å². The molecular weight excluding hydrogens is 304 g/mol. The Balaban J connectivity index is 1.85. The van der Waals surface area contributed by atoms with Crippen molar-refractivity contribution >= 4 is 17.5 Å². The van der Waals surface area contributed by atoms with Gasteiger partial charge in [0.2, 0.25) is 11.8 Å². The van der Waals surface area contributed by atoms with Crippen molar-refractivity contribution in [2.24, 2.45) is 11.8 Å². The number of carbonyl (C=O) groups is 2. The Bertz CT molecular complexity index is 565. The molecule has 0 aliphatic heterocycles. The van der Waals surface area contributed by atoms with Gasteiger partial charge < -0.3 is 15.4 Å². The number of benzene rings is 1. The third-order valence-electron chi connectivity index (χ3n) is 4.83. The van der Waals surface area contributed by atoms with Crippen molar-refractivity contribution in [3.8, 4) is 5.75 Å². The topological polar surface area (TPSA) is 67.4 Å². The van der Waals surface area contributed by atoms with Crippen molar-refractivity contribution in [1.29, 1.82) is 0 Å². The Kier molecular flexibility index (Phi) is 6.64. The number of para-hydroxylation sites is 2. The van der Waals surface area contributed by atoms with Crippen LogP contribution in [-0.4, -0.2) is 25.0 Å². The fraction of sp³-hybridized carbons (Fsp3) is 0.579. The lowest BCUT2D eigenvalue weighted by Gasteiger charge is -2.28. The predicted molar refractivity (Wildman–Crippen MR) is 95.0 cm³/mol. The standard InChI is InChI=1S/C19H28N2O3/c1-4-13(2)20-18(22)14-9-11-15(12-10-14)19(23)21-16-7-5-6-8-17(16)24-3/h5-8,13-15H,4,9-12H2,1-3H3,(H,20,22)(H,21,23). The van der Waals surface area contributed by atoms with E-state index in [2.05, 4.69) is 17.6 Å². The zero-order valence-corrected chi connectivity index (χ0v) is 14.8. The van der Waals surface area contributed by atoms with E-state index in [1.165, 1.54) is 0 Å². The molecule has 1 atom stereocenters. The fourth-order valence-corrected chi connectivity index (χ4v) is 3.06. The molecule has 2 amide bonds. The summed E-state index contributed by atoms with van der Waals surface area (Å²) in [4.78, 5) is 24.7. The third kappa shape index (κ3) is 4.73. The smallest absolute Gasteiger partial charge is 0.227 e. The van der Waals surface area contributed by atoms with E-state index in [1.54, 1.807) is 7.11 Å². The van der Waals surface area contributed by atoms with Gasteiger partial charge >= 0.3 is 0 Å². The molecule has 0 spiro atoms. The minimum absolute atomic E-state index is 0.0142. The number of amides is 2. The zero-order valence-electron chi connectivity index (χ0n) is 14.8. The van der Waals surface area contributed by atoms with Gasteiger partial charge in [0, 0.05) is 17.9 Å². The summed E-state index contributed by atoms with van der Waals surface area (Å²) in [6, 6.07) is 7.61. The second-order valence-corrected chi connectivity index (χ2v) is 6.56. The Morgan fingerprint density at radius 3 is 2.29 bits per heavy atom. The molecule has 0 radical (unpaired) electrons. The van der Waals surface area contributed by atoms with E-state index >= 15 is 0 Å². The highest BCUT2D eigenvalue weighted by atomic mass is 16.5. The molecule has 1 aliphatic rings. The highest BCUT2D eigenvalue weighted by molar-refractivity contribution is 5.94. The number of hydrogen-bond acceptors (Lipinski definition) is 3. The first-order valence-corrected chi connectivity index (χ1v) is 8.79. The van der Waals surface area contributed by atoms with E-state index in [9.17, 15) is 9.59 Å². The van der Waals surface area contributed by atoms with Crippen LogP contribution >= 0.6 is 0 Å². The molecule has 1 saturated carbocycles. The van der Waals surface area contributed by atoms with Gasteiger partial charge in [0.1, 0.15) is 5.75 Å². The monoisotopic (exact) mass is 332 g/mol. The van der Waals surface area contributed by atoms with Crippen LogP contribution in [0.3, 0.4) is 0 Å². The summed E-state index contributed by atoms with van der Waals surface area (Å²) in [5.74, 6) is 0.803. The molecule has 1 aromatic rings. The zero-order chi connectivity index (χ0) is 17.5. The summed E-state index contributed by atoms with van der Waals surface area (Å²) in [6.45, 7) is 4.08. The average molecular weight is 332 g/mol. The van der Waals surface area contributed by atoms with Crippen molar-refractivity contribution in [2.75, 3.05) is 12.4 Å². The van der Waals surface area contributed by atoms with Crippen LogP contribution in [0, 0.1) is 11.8 Å². The van der Waals surface area contributed by atoms with Crippen molar-refractivity contribution in [2.45, 2.75) is 52.0 Å². The van der Waals surface area contributed by atoms with Gasteiger partial charge in [0.25, 0.3) is 0 Å². The van der Waals surface area contributed by atoms with E-state index in [0.29, 0.717) is 11.4 Å². The largest absolute Gasteiger partial charge is 0.495 e. The Morgan fingerprint density at radius 1 is 1.12 bits per heavy atom. The molecule has 24 heavy (non-hydrogen) atoms. The SMILES string of the molecule is CCC(C)NC(=O)C1CCC(C(=O)Nc2ccccc2OC)CC1. The van der Waals surface area contributed by atoms with Gasteiger partial charge in [-0.25, -0.2) is 0 Å². The Hall–Kier alpha value is -2.04. The number of carbonyl (C=O) groups excluding carboxylic acids is 2. The Morgan fingerprint density at radius 2 is 1.71 bits per heavy atom. The van der Waals surface area contributed by atoms with E-state index in [4.69, 9.17) is 4.74 Å². The van der Waals surface area contributed by atoms with Gasteiger partial charge in [-0.1, -0.05) is 19.1 Å². The van der Waals surface area contributed by atoms with Gasteiger partial charge in [-0.2, -0.15) is 0 Å². The fourth-order valence-electron chi connectivity index (χ4n) is 3.06. The predicted octanol–water partition coefficient (Wildman–Crippen LogP) is 3.35. The normalized spacial score (nSPS) is 21.6. The molecule has 1 aliphatic carbocycles. The molecule has 1 aromatic carbocycles. The molecular formula is C19H28N2O3. The van der Waals surface area contributed by atoms with Crippen molar-refractivity contribution < 1.29 is 14.3 Å². The maximum absolute atomic E-state index is 12.5. The summed E-state index contributed by atoms with van der Waals surface area (Å²) < 4.78 is 5.26. The van der Waals surface area contributed by atoms with Crippen LogP contribution in [-0.2, 0) is 9.59 Å². The lowest BCUT2D eigenvalue weighted by molar-refractivity contribution is -0.129. The number of ether oxygens (including phenoxy) is 1. The molecule has 5 heteroatoms. The van der Waals surface area contributed by atoms with Crippen LogP contribution in [0.5, 0.6) is 5.75 Å². The van der Waals surface area contributed by atoms with Crippen LogP contribution in [0.1, 0.15) is 46.0 Å². The van der Waals surface area contributed by atoms with E-state index in [1.807, 2.05) is 31.2 Å². The van der Waals surface area contributed by atoms with Crippen LogP contribution in [0.2, 0.25) is 0 Å². The van der Waals surface area contributed by atoms with Crippen LogP contribution in [0.15, 0.2) is 24.3 Å². The van der Waals surface area contributed by atoms with E-state index in [-0.39, 0.29) is 29.7 Å². The van der Waals surface area contributed by atoms with Crippen molar-refractivity contribution in [3.05, 3.63) is 24.3 Å². The second kappa shape index (κ2) is 8.71. The molecule has 5 nitrogen and oxygen atoms in total. The number of anilines is 1. The number of rotatable bonds is 6. The first-order chi connectivity index (χ1) is 11.5. The van der Waals surface area contributed by atoms with E-state index in [0.717, 1.165) is 32.1 Å².